The first-order valence-corrected chi connectivity index (χ1v) is 8.67. The third kappa shape index (κ3) is 4.54. The summed E-state index contributed by atoms with van der Waals surface area (Å²) in [4.78, 5) is 21.2. The van der Waals surface area contributed by atoms with Crippen molar-refractivity contribution in [2.24, 2.45) is 0 Å². The average Bonchev–Trinajstić information content (AvgIpc) is 2.63. The number of hydrogen-bond acceptors (Lipinski definition) is 5. The number of carbonyl (C=O) groups is 1. The molecule has 138 valence electrons. The maximum absolute atomic E-state index is 12.6. The Bertz CT molecular complexity index is 991. The molecule has 6 nitrogen and oxygen atoms in total. The van der Waals surface area contributed by atoms with Gasteiger partial charge in [-0.15, -0.1) is 0 Å². The van der Waals surface area contributed by atoms with Crippen LogP contribution in [0.2, 0.25) is 5.02 Å². The van der Waals surface area contributed by atoms with E-state index in [9.17, 15) is 4.79 Å². The molecule has 2 N–H and O–H groups in total. The van der Waals surface area contributed by atoms with Crippen LogP contribution in [0.15, 0.2) is 48.5 Å². The Balaban J connectivity index is 1.82. The molecule has 0 unspecified atom stereocenters. The van der Waals surface area contributed by atoms with E-state index in [0.29, 0.717) is 28.1 Å². The molecule has 3 aromatic rings. The van der Waals surface area contributed by atoms with Gasteiger partial charge in [0.05, 0.1) is 12.1 Å². The van der Waals surface area contributed by atoms with Gasteiger partial charge in [0, 0.05) is 17.4 Å². The van der Waals surface area contributed by atoms with Crippen molar-refractivity contribution in [3.8, 4) is 5.75 Å². The Morgan fingerprint density at radius 1 is 1.07 bits per heavy atom. The van der Waals surface area contributed by atoms with E-state index in [2.05, 4.69) is 20.6 Å². The Morgan fingerprint density at radius 2 is 1.85 bits per heavy atom. The Kier molecular flexibility index (Phi) is 5.57. The van der Waals surface area contributed by atoms with Crippen molar-refractivity contribution in [1.29, 1.82) is 0 Å². The molecule has 0 aliphatic carbocycles. The molecule has 27 heavy (non-hydrogen) atoms. The van der Waals surface area contributed by atoms with Crippen LogP contribution in [0.4, 0.5) is 17.2 Å². The average molecular weight is 383 g/mol. The highest BCUT2D eigenvalue weighted by atomic mass is 35.5. The van der Waals surface area contributed by atoms with Gasteiger partial charge < -0.3 is 15.4 Å². The van der Waals surface area contributed by atoms with Crippen molar-refractivity contribution in [1.82, 2.24) is 9.97 Å². The van der Waals surface area contributed by atoms with Gasteiger partial charge >= 0.3 is 0 Å². The van der Waals surface area contributed by atoms with Gasteiger partial charge in [-0.3, -0.25) is 4.79 Å². The monoisotopic (exact) mass is 382 g/mol. The Hall–Kier alpha value is -3.12. The van der Waals surface area contributed by atoms with Crippen LogP contribution in [-0.2, 0) is 0 Å². The number of methoxy groups -OCH3 is 1. The number of aryl methyl sites for hydroxylation is 2. The number of amides is 1. The van der Waals surface area contributed by atoms with Crippen LogP contribution < -0.4 is 15.4 Å². The standard InChI is InChI=1S/C20H19ClN4O2/c1-12-6-4-5-7-16(12)25-19-11-17(22-13(2)23-19)20(26)24-14-8-9-18(27-3)15(21)10-14/h4-11H,1-3H3,(H,24,26)(H,22,23,25). The van der Waals surface area contributed by atoms with E-state index in [1.807, 2.05) is 31.2 Å². The number of nitrogens with one attached hydrogen (secondary N) is 2. The molecule has 0 saturated heterocycles. The zero-order valence-corrected chi connectivity index (χ0v) is 16.0. The van der Waals surface area contributed by atoms with Gasteiger partial charge in [-0.25, -0.2) is 9.97 Å². The summed E-state index contributed by atoms with van der Waals surface area (Å²) < 4.78 is 5.11. The lowest BCUT2D eigenvalue weighted by molar-refractivity contribution is 0.102. The predicted molar refractivity (Wildman–Crippen MR) is 107 cm³/mol. The number of para-hydroxylation sites is 1. The van der Waals surface area contributed by atoms with Gasteiger partial charge in [0.15, 0.2) is 0 Å². The molecule has 0 aliphatic rings. The molecule has 0 saturated carbocycles. The summed E-state index contributed by atoms with van der Waals surface area (Å²) in [5, 5.41) is 6.42. The van der Waals surface area contributed by atoms with Gasteiger partial charge in [0.25, 0.3) is 5.91 Å². The lowest BCUT2D eigenvalue weighted by Gasteiger charge is -2.11. The molecule has 2 aromatic carbocycles. The Labute approximate surface area is 162 Å². The van der Waals surface area contributed by atoms with E-state index >= 15 is 0 Å². The number of carbonyl (C=O) groups excluding carboxylic acids is 1. The second-order valence-corrected chi connectivity index (χ2v) is 6.34. The largest absolute Gasteiger partial charge is 0.495 e. The smallest absolute Gasteiger partial charge is 0.274 e. The molecule has 0 atom stereocenters. The highest BCUT2D eigenvalue weighted by Gasteiger charge is 2.12. The van der Waals surface area contributed by atoms with E-state index in [0.717, 1.165) is 11.3 Å². The zero-order valence-electron chi connectivity index (χ0n) is 15.2. The number of ether oxygens (including phenoxy) is 1. The minimum absolute atomic E-state index is 0.255. The molecule has 0 spiro atoms. The van der Waals surface area contributed by atoms with Crippen molar-refractivity contribution < 1.29 is 9.53 Å². The maximum Gasteiger partial charge on any atom is 0.274 e. The molecule has 0 bridgehead atoms. The minimum Gasteiger partial charge on any atom is -0.495 e. The lowest BCUT2D eigenvalue weighted by atomic mass is 10.2. The molecule has 1 amide bonds. The van der Waals surface area contributed by atoms with Crippen LogP contribution in [0.25, 0.3) is 0 Å². The molecular weight excluding hydrogens is 364 g/mol. The van der Waals surface area contributed by atoms with Gasteiger partial charge in [0.2, 0.25) is 0 Å². The van der Waals surface area contributed by atoms with E-state index in [1.54, 1.807) is 31.2 Å². The van der Waals surface area contributed by atoms with Crippen LogP contribution in [0.1, 0.15) is 21.9 Å². The van der Waals surface area contributed by atoms with Gasteiger partial charge in [0.1, 0.15) is 23.1 Å². The van der Waals surface area contributed by atoms with Crippen LogP contribution >= 0.6 is 11.6 Å². The van der Waals surface area contributed by atoms with Gasteiger partial charge in [-0.2, -0.15) is 0 Å². The predicted octanol–water partition coefficient (Wildman–Crippen LogP) is 4.75. The third-order valence-corrected chi connectivity index (χ3v) is 4.18. The van der Waals surface area contributed by atoms with Crippen molar-refractivity contribution >= 4 is 34.7 Å². The minimum atomic E-state index is -0.352. The van der Waals surface area contributed by atoms with Crippen LogP contribution in [0, 0.1) is 13.8 Å². The number of hydrogen-bond donors (Lipinski definition) is 2. The number of halogens is 1. The van der Waals surface area contributed by atoms with Crippen molar-refractivity contribution in [3.63, 3.8) is 0 Å². The summed E-state index contributed by atoms with van der Waals surface area (Å²) in [6, 6.07) is 14.5. The van der Waals surface area contributed by atoms with Crippen LogP contribution in [0.3, 0.4) is 0 Å². The van der Waals surface area contributed by atoms with Crippen LogP contribution in [0.5, 0.6) is 5.75 Å². The van der Waals surface area contributed by atoms with E-state index in [-0.39, 0.29) is 11.6 Å². The topological polar surface area (TPSA) is 76.1 Å². The van der Waals surface area contributed by atoms with Crippen molar-refractivity contribution in [2.45, 2.75) is 13.8 Å². The lowest BCUT2D eigenvalue weighted by Crippen LogP contribution is -2.15. The second-order valence-electron chi connectivity index (χ2n) is 5.93. The highest BCUT2D eigenvalue weighted by Crippen LogP contribution is 2.27. The third-order valence-electron chi connectivity index (χ3n) is 3.89. The number of rotatable bonds is 5. The SMILES string of the molecule is COc1ccc(NC(=O)c2cc(Nc3ccccc3C)nc(C)n2)cc1Cl. The quantitative estimate of drug-likeness (QED) is 0.665. The molecule has 1 aromatic heterocycles. The summed E-state index contributed by atoms with van der Waals surface area (Å²) in [5.41, 5.74) is 2.80. The molecule has 0 fully saturated rings. The molecule has 3 rings (SSSR count). The van der Waals surface area contributed by atoms with Crippen molar-refractivity contribution in [2.75, 3.05) is 17.7 Å². The van der Waals surface area contributed by atoms with Gasteiger partial charge in [-0.05, 0) is 43.7 Å². The summed E-state index contributed by atoms with van der Waals surface area (Å²) in [7, 11) is 1.53. The summed E-state index contributed by atoms with van der Waals surface area (Å²) in [6.07, 6.45) is 0. The first kappa shape index (κ1) is 18.7. The number of nitrogens with zero attached hydrogens (tertiary/aromatic N) is 2. The second kappa shape index (κ2) is 8.05. The summed E-state index contributed by atoms with van der Waals surface area (Å²) in [5.74, 6) is 1.23. The van der Waals surface area contributed by atoms with Gasteiger partial charge in [-0.1, -0.05) is 29.8 Å². The molecule has 0 radical (unpaired) electrons. The fraction of sp³-hybridized carbons (Fsp3) is 0.150. The van der Waals surface area contributed by atoms with Crippen molar-refractivity contribution in [3.05, 3.63) is 70.6 Å². The molecule has 1 heterocycles. The van der Waals surface area contributed by atoms with E-state index < -0.39 is 0 Å². The maximum atomic E-state index is 12.6. The van der Waals surface area contributed by atoms with E-state index in [4.69, 9.17) is 16.3 Å². The summed E-state index contributed by atoms with van der Waals surface area (Å²) in [6.45, 7) is 3.74. The zero-order chi connectivity index (χ0) is 19.4. The molecule has 7 heteroatoms. The Morgan fingerprint density at radius 3 is 2.56 bits per heavy atom. The number of aromatic nitrogens is 2. The fourth-order valence-corrected chi connectivity index (χ4v) is 2.80. The first-order chi connectivity index (χ1) is 13.0. The molecule has 0 aliphatic heterocycles. The first-order valence-electron chi connectivity index (χ1n) is 8.29. The van der Waals surface area contributed by atoms with E-state index in [1.165, 1.54) is 7.11 Å². The molecular formula is C20H19ClN4O2. The summed E-state index contributed by atoms with van der Waals surface area (Å²) >= 11 is 6.10. The normalized spacial score (nSPS) is 10.4. The highest BCUT2D eigenvalue weighted by molar-refractivity contribution is 6.32. The number of anilines is 3. The number of benzene rings is 2. The fourth-order valence-electron chi connectivity index (χ4n) is 2.54. The van der Waals surface area contributed by atoms with Crippen LogP contribution in [-0.4, -0.2) is 23.0 Å².